The van der Waals surface area contributed by atoms with Gasteiger partial charge in [0.1, 0.15) is 0 Å². The first-order chi connectivity index (χ1) is 16.2. The van der Waals surface area contributed by atoms with Gasteiger partial charge < -0.3 is 4.52 Å². The summed E-state index contributed by atoms with van der Waals surface area (Å²) in [5.41, 5.74) is 0. The highest BCUT2D eigenvalue weighted by atomic mass is 35.7. The molecule has 1 aliphatic heterocycles. The Kier molecular flexibility index (Phi) is 11.0. The molecule has 0 aromatic rings. The van der Waals surface area contributed by atoms with Gasteiger partial charge in [0.05, 0.1) is 0 Å². The van der Waals surface area contributed by atoms with Crippen molar-refractivity contribution < 1.29 is 88.5 Å². The molecule has 0 amide bonds. The molecule has 0 aliphatic carbocycles. The Morgan fingerprint density at radius 3 is 0.919 bits per heavy atom. The second-order valence-electron chi connectivity index (χ2n) is 6.17. The monoisotopic (exact) mass is 665 g/mol. The van der Waals surface area contributed by atoms with E-state index in [-0.39, 0.29) is 0 Å². The van der Waals surface area contributed by atoms with Crippen LogP contribution in [0.15, 0.2) is 13.5 Å². The Labute approximate surface area is 200 Å². The molecule has 0 aromatic carbocycles. The molecular weight excluding hydrogens is 655 g/mol. The van der Waals surface area contributed by atoms with Crippen LogP contribution >= 0.6 is 33.3 Å². The van der Waals surface area contributed by atoms with Gasteiger partial charge in [-0.1, -0.05) is 0 Å². The Balaban J connectivity index is 3.90. The Bertz CT molecular complexity index is 874. The van der Waals surface area contributed by atoms with E-state index in [0.717, 1.165) is 0 Å². The molecule has 1 rings (SSSR count). The molecule has 0 bridgehead atoms. The predicted molar refractivity (Wildman–Crippen MR) is 93.9 cm³/mol. The number of alkyl halides is 15. The molecule has 0 N–H and O–H groups in total. The van der Waals surface area contributed by atoms with E-state index in [0.29, 0.717) is 0 Å². The third kappa shape index (κ3) is 14.6. The molecule has 0 radical (unpaired) electrons. The van der Waals surface area contributed by atoms with E-state index in [2.05, 4.69) is 36.2 Å². The van der Waals surface area contributed by atoms with Crippen molar-refractivity contribution in [3.05, 3.63) is 0 Å². The van der Waals surface area contributed by atoms with Crippen molar-refractivity contribution in [2.45, 2.75) is 30.9 Å². The Morgan fingerprint density at radius 2 is 0.649 bits per heavy atom. The van der Waals surface area contributed by atoms with Gasteiger partial charge in [0, 0.05) is 0 Å². The van der Waals surface area contributed by atoms with Crippen molar-refractivity contribution in [3.63, 3.8) is 0 Å². The van der Waals surface area contributed by atoms with Crippen LogP contribution in [0.1, 0.15) is 0 Å². The number of nitrogens with zero attached hydrogens (tertiary/aromatic N) is 3. The molecular formula is C10H10ClF15N3O5P3. The van der Waals surface area contributed by atoms with E-state index in [4.69, 9.17) is 11.2 Å². The maximum Gasteiger partial charge on any atom is 0.412 e. The van der Waals surface area contributed by atoms with E-state index < -0.39 is 86.0 Å². The zero-order valence-electron chi connectivity index (χ0n) is 16.8. The number of hydrogen-bond acceptors (Lipinski definition) is 8. The van der Waals surface area contributed by atoms with Crippen LogP contribution in [0.5, 0.6) is 0 Å². The van der Waals surface area contributed by atoms with Crippen molar-refractivity contribution in [1.29, 1.82) is 0 Å². The van der Waals surface area contributed by atoms with Gasteiger partial charge in [0.2, 0.25) is 0 Å². The highest BCUT2D eigenvalue weighted by Crippen LogP contribution is 2.82. The van der Waals surface area contributed by atoms with Crippen LogP contribution in [0.25, 0.3) is 0 Å². The highest BCUT2D eigenvalue weighted by Gasteiger charge is 2.48. The van der Waals surface area contributed by atoms with Gasteiger partial charge >= 0.3 is 53.0 Å². The average Bonchev–Trinajstić information content (AvgIpc) is 2.64. The minimum atomic E-state index is -5.87. The van der Waals surface area contributed by atoms with Gasteiger partial charge in [-0.15, -0.1) is 4.52 Å². The summed E-state index contributed by atoms with van der Waals surface area (Å²) in [7, 11) is -11.7. The minimum absolute atomic E-state index is 2.53. The molecule has 1 atom stereocenters. The number of halogens is 16. The van der Waals surface area contributed by atoms with Gasteiger partial charge in [-0.3, -0.25) is 18.1 Å². The van der Waals surface area contributed by atoms with Crippen LogP contribution in [0.3, 0.4) is 0 Å². The predicted octanol–water partition coefficient (Wildman–Crippen LogP) is 8.97. The summed E-state index contributed by atoms with van der Waals surface area (Å²) in [5.74, 6) is 0. The van der Waals surface area contributed by atoms with Gasteiger partial charge in [-0.25, -0.2) is 0 Å². The highest BCUT2D eigenvalue weighted by molar-refractivity contribution is 7.94. The van der Waals surface area contributed by atoms with Crippen LogP contribution in [0.4, 0.5) is 65.9 Å². The summed E-state index contributed by atoms with van der Waals surface area (Å²) in [6, 6.07) is 0. The molecule has 0 saturated carbocycles. The Hall–Kier alpha value is -0.270. The zero-order valence-corrected chi connectivity index (χ0v) is 20.2. The second kappa shape index (κ2) is 11.7. The first kappa shape index (κ1) is 34.8. The molecule has 8 nitrogen and oxygen atoms in total. The standard InChI is InChI=1S/C10H10ClF15N3O5P3/c11-35(30-1-6(12,13)14)27-36(31-2-7(15,16)17,32-3-8(18,19)20)29-37(28-35,33-4-9(21,22)23)34-5-10(24,25)26/h1-5H2. The fourth-order valence-electron chi connectivity index (χ4n) is 1.59. The van der Waals surface area contributed by atoms with Crippen molar-refractivity contribution in [3.8, 4) is 0 Å². The van der Waals surface area contributed by atoms with Crippen molar-refractivity contribution >= 4 is 33.3 Å². The molecule has 0 spiro atoms. The topological polar surface area (TPSA) is 83.2 Å². The van der Waals surface area contributed by atoms with Gasteiger partial charge in [0.15, 0.2) is 33.0 Å². The lowest BCUT2D eigenvalue weighted by Gasteiger charge is -2.32. The molecule has 0 aromatic heterocycles. The fraction of sp³-hybridized carbons (Fsp3) is 1.00. The minimum Gasteiger partial charge on any atom is -0.306 e. The summed E-state index contributed by atoms with van der Waals surface area (Å²) in [5, 5.41) is 0. The molecule has 1 unspecified atom stereocenters. The van der Waals surface area contributed by atoms with Crippen molar-refractivity contribution in [1.82, 2.24) is 0 Å². The molecule has 0 fully saturated rings. The normalized spacial score (nSPS) is 22.7. The lowest BCUT2D eigenvalue weighted by atomic mass is 10.7. The summed E-state index contributed by atoms with van der Waals surface area (Å²) in [6.07, 6.45) is -27.3. The van der Waals surface area contributed by atoms with E-state index in [1.165, 1.54) is 0 Å². The van der Waals surface area contributed by atoms with Crippen LogP contribution in [0, 0.1) is 0 Å². The lowest BCUT2D eigenvalue weighted by molar-refractivity contribution is -0.163. The van der Waals surface area contributed by atoms with Gasteiger partial charge in [0.25, 0.3) is 0 Å². The summed E-state index contributed by atoms with van der Waals surface area (Å²) >= 11 is 5.56. The van der Waals surface area contributed by atoms with Crippen molar-refractivity contribution in [2.75, 3.05) is 33.0 Å². The summed E-state index contributed by atoms with van der Waals surface area (Å²) in [4.78, 5) is 0. The second-order valence-corrected chi connectivity index (χ2v) is 13.8. The van der Waals surface area contributed by atoms with Crippen LogP contribution in [0.2, 0.25) is 0 Å². The first-order valence-electron chi connectivity index (χ1n) is 8.33. The molecule has 37 heavy (non-hydrogen) atoms. The molecule has 27 heteroatoms. The zero-order chi connectivity index (χ0) is 29.2. The third-order valence-corrected chi connectivity index (χ3v) is 11.9. The van der Waals surface area contributed by atoms with Crippen LogP contribution in [-0.4, -0.2) is 63.9 Å². The smallest absolute Gasteiger partial charge is 0.306 e. The Morgan fingerprint density at radius 1 is 0.405 bits per heavy atom. The van der Waals surface area contributed by atoms with Gasteiger partial charge in [-0.2, -0.15) is 74.9 Å². The van der Waals surface area contributed by atoms with E-state index in [9.17, 15) is 65.9 Å². The average molecular weight is 666 g/mol. The maximum absolute atomic E-state index is 12.7. The first-order valence-corrected chi connectivity index (χ1v) is 13.9. The van der Waals surface area contributed by atoms with Crippen molar-refractivity contribution in [2.24, 2.45) is 13.5 Å². The lowest BCUT2D eigenvalue weighted by Crippen LogP contribution is -2.22. The number of rotatable bonds is 10. The third-order valence-electron chi connectivity index (χ3n) is 2.65. The maximum atomic E-state index is 12.7. The van der Waals surface area contributed by atoms with Crippen LogP contribution in [-0.2, 0) is 22.6 Å². The number of hydrogen-bond donors (Lipinski definition) is 0. The van der Waals surface area contributed by atoms with E-state index >= 15 is 0 Å². The SMILES string of the molecule is FC(F)(F)COP1(Cl)=NP(OCC(F)(F)F)(OCC(F)(F)F)=NP(OCC(F)(F)F)(OCC(F)(F)F)=N1. The summed E-state index contributed by atoms with van der Waals surface area (Å²) < 4.78 is 219. The van der Waals surface area contributed by atoms with Gasteiger partial charge in [-0.05, 0) is 11.2 Å². The largest absolute Gasteiger partial charge is 0.412 e. The molecule has 1 aliphatic rings. The molecule has 1 heterocycles. The summed E-state index contributed by atoms with van der Waals surface area (Å²) in [6.45, 7) is -18.7. The fourth-order valence-corrected chi connectivity index (χ4v) is 11.8. The van der Waals surface area contributed by atoms with E-state index in [1.54, 1.807) is 0 Å². The quantitative estimate of drug-likeness (QED) is 0.172. The molecule has 222 valence electrons. The molecule has 0 saturated heterocycles. The van der Waals surface area contributed by atoms with E-state index in [1.807, 2.05) is 0 Å². The van der Waals surface area contributed by atoms with Crippen LogP contribution < -0.4 is 0 Å².